The highest BCUT2D eigenvalue weighted by Gasteiger charge is 2.34. The van der Waals surface area contributed by atoms with Crippen LogP contribution >= 0.6 is 0 Å². The molecule has 0 saturated heterocycles. The van der Waals surface area contributed by atoms with Crippen LogP contribution in [0, 0.1) is 17.2 Å². The molecule has 1 fully saturated rings. The van der Waals surface area contributed by atoms with Crippen LogP contribution in [0.4, 0.5) is 14.5 Å². The molecule has 1 saturated carbocycles. The second-order valence-electron chi connectivity index (χ2n) is 6.82. The number of methoxy groups -OCH3 is 1. The standard InChI is InChI=1S/C20H17F2N5O2/c1-29-17-7-12(24-20(28)15-4-2-3-14(25-15)18(21)22)9-27-10-16(26-19(17)27)13-6-5-11(13)8-23/h2-4,7,9-11,13,18H,5-6H2,1H3,(H,24,28). The van der Waals surface area contributed by atoms with Crippen LogP contribution in [-0.2, 0) is 0 Å². The molecular weight excluding hydrogens is 380 g/mol. The number of fused-ring (bicyclic) bond motifs is 1. The van der Waals surface area contributed by atoms with Gasteiger partial charge < -0.3 is 14.5 Å². The Kier molecular flexibility index (Phi) is 4.84. The van der Waals surface area contributed by atoms with Gasteiger partial charge in [-0.2, -0.15) is 5.26 Å². The summed E-state index contributed by atoms with van der Waals surface area (Å²) in [5.41, 5.74) is 1.20. The zero-order valence-corrected chi connectivity index (χ0v) is 15.5. The lowest BCUT2D eigenvalue weighted by Crippen LogP contribution is -2.22. The van der Waals surface area contributed by atoms with Crippen LogP contribution in [0.25, 0.3) is 5.65 Å². The van der Waals surface area contributed by atoms with E-state index in [1.54, 1.807) is 16.7 Å². The Bertz CT molecular complexity index is 1120. The smallest absolute Gasteiger partial charge is 0.280 e. The third-order valence-corrected chi connectivity index (χ3v) is 5.06. The fraction of sp³-hybridized carbons (Fsp3) is 0.300. The van der Waals surface area contributed by atoms with Crippen LogP contribution in [0.2, 0.25) is 0 Å². The number of hydrogen-bond donors (Lipinski definition) is 1. The molecule has 1 amide bonds. The number of pyridine rings is 2. The van der Waals surface area contributed by atoms with Gasteiger partial charge in [-0.25, -0.2) is 18.7 Å². The maximum atomic E-state index is 12.8. The van der Waals surface area contributed by atoms with E-state index in [4.69, 9.17) is 4.74 Å². The maximum Gasteiger partial charge on any atom is 0.280 e. The second kappa shape index (κ2) is 7.47. The molecule has 7 nitrogen and oxygen atoms in total. The second-order valence-corrected chi connectivity index (χ2v) is 6.82. The summed E-state index contributed by atoms with van der Waals surface area (Å²) in [6, 6.07) is 7.79. The van der Waals surface area contributed by atoms with Gasteiger partial charge in [-0.05, 0) is 25.0 Å². The highest BCUT2D eigenvalue weighted by Crippen LogP contribution is 2.42. The molecule has 0 aliphatic heterocycles. The van der Waals surface area contributed by atoms with Gasteiger partial charge in [0.25, 0.3) is 12.3 Å². The normalized spacial score (nSPS) is 18.3. The Morgan fingerprint density at radius 1 is 1.34 bits per heavy atom. The third kappa shape index (κ3) is 3.49. The van der Waals surface area contributed by atoms with E-state index in [2.05, 4.69) is 21.4 Å². The molecule has 3 heterocycles. The first-order valence-electron chi connectivity index (χ1n) is 9.03. The van der Waals surface area contributed by atoms with E-state index in [0.717, 1.165) is 18.5 Å². The van der Waals surface area contributed by atoms with Gasteiger partial charge in [0.1, 0.15) is 11.4 Å². The zero-order valence-electron chi connectivity index (χ0n) is 15.5. The van der Waals surface area contributed by atoms with Crippen molar-refractivity contribution in [1.82, 2.24) is 14.4 Å². The van der Waals surface area contributed by atoms with Gasteiger partial charge in [0, 0.05) is 24.4 Å². The number of ether oxygens (including phenoxy) is 1. The molecule has 0 bridgehead atoms. The van der Waals surface area contributed by atoms with Crippen molar-refractivity contribution in [1.29, 1.82) is 5.26 Å². The summed E-state index contributed by atoms with van der Waals surface area (Å²) in [7, 11) is 1.49. The van der Waals surface area contributed by atoms with Crippen molar-refractivity contribution in [3.63, 3.8) is 0 Å². The van der Waals surface area contributed by atoms with E-state index < -0.39 is 18.0 Å². The molecule has 0 spiro atoms. The number of alkyl halides is 2. The molecule has 148 valence electrons. The monoisotopic (exact) mass is 397 g/mol. The van der Waals surface area contributed by atoms with Crippen LogP contribution in [-0.4, -0.2) is 27.4 Å². The summed E-state index contributed by atoms with van der Waals surface area (Å²) < 4.78 is 32.8. The predicted octanol–water partition coefficient (Wildman–Crippen LogP) is 3.94. The minimum Gasteiger partial charge on any atom is -0.493 e. The molecule has 3 aromatic rings. The highest BCUT2D eigenvalue weighted by molar-refractivity contribution is 6.03. The van der Waals surface area contributed by atoms with Gasteiger partial charge in [0.05, 0.1) is 30.5 Å². The first-order chi connectivity index (χ1) is 14.0. The molecule has 29 heavy (non-hydrogen) atoms. The lowest BCUT2D eigenvalue weighted by molar-refractivity contribution is 0.102. The van der Waals surface area contributed by atoms with Crippen molar-refractivity contribution in [3.05, 3.63) is 53.7 Å². The van der Waals surface area contributed by atoms with Crippen LogP contribution < -0.4 is 10.1 Å². The minimum absolute atomic E-state index is 0.0433. The van der Waals surface area contributed by atoms with Gasteiger partial charge in [0.2, 0.25) is 0 Å². The molecule has 9 heteroatoms. The number of imidazole rings is 1. The fourth-order valence-electron chi connectivity index (χ4n) is 3.39. The summed E-state index contributed by atoms with van der Waals surface area (Å²) in [6.07, 6.45) is 2.48. The first-order valence-corrected chi connectivity index (χ1v) is 9.03. The number of aromatic nitrogens is 3. The van der Waals surface area contributed by atoms with Crippen LogP contribution in [0.15, 0.2) is 36.7 Å². The number of nitrogens with zero attached hydrogens (tertiary/aromatic N) is 4. The van der Waals surface area contributed by atoms with Crippen LogP contribution in [0.1, 0.15) is 47.1 Å². The maximum absolute atomic E-state index is 12.8. The summed E-state index contributed by atoms with van der Waals surface area (Å²) >= 11 is 0. The minimum atomic E-state index is -2.76. The van der Waals surface area contributed by atoms with Crippen molar-refractivity contribution in [2.24, 2.45) is 5.92 Å². The SMILES string of the molecule is COc1cc(NC(=O)c2cccc(C(F)F)n2)cn2cc(C3CCC3C#N)nc12. The predicted molar refractivity (Wildman–Crippen MR) is 100.0 cm³/mol. The molecule has 4 rings (SSSR count). The Morgan fingerprint density at radius 3 is 2.83 bits per heavy atom. The number of carbonyl (C=O) groups excluding carboxylic acids is 1. The van der Waals surface area contributed by atoms with Gasteiger partial charge in [-0.3, -0.25) is 4.79 Å². The largest absolute Gasteiger partial charge is 0.493 e. The van der Waals surface area contributed by atoms with Crippen LogP contribution in [0.5, 0.6) is 5.75 Å². The molecule has 3 aromatic heterocycles. The summed E-state index contributed by atoms with van der Waals surface area (Å²) in [4.78, 5) is 20.7. The van der Waals surface area contributed by atoms with E-state index in [1.807, 2.05) is 6.20 Å². The quantitative estimate of drug-likeness (QED) is 0.704. The molecular formula is C20H17F2N5O2. The van der Waals surface area contributed by atoms with E-state index in [1.165, 1.54) is 25.3 Å². The zero-order chi connectivity index (χ0) is 20.5. The topological polar surface area (TPSA) is 92.3 Å². The average Bonchev–Trinajstić information content (AvgIpc) is 3.09. The number of anilines is 1. The number of amides is 1. The van der Waals surface area contributed by atoms with Crippen LogP contribution in [0.3, 0.4) is 0 Å². The van der Waals surface area contributed by atoms with Gasteiger partial charge in [-0.1, -0.05) is 6.07 Å². The Hall–Kier alpha value is -3.54. The molecule has 2 atom stereocenters. The van der Waals surface area contributed by atoms with Crippen molar-refractivity contribution >= 4 is 17.2 Å². The molecule has 1 N–H and O–H groups in total. The molecule has 0 aromatic carbocycles. The van der Waals surface area contributed by atoms with Crippen molar-refractivity contribution in [2.45, 2.75) is 25.2 Å². The number of rotatable bonds is 5. The summed E-state index contributed by atoms with van der Waals surface area (Å²) in [5.74, 6) is -0.129. The molecule has 1 aliphatic rings. The number of nitriles is 1. The van der Waals surface area contributed by atoms with E-state index in [-0.39, 0.29) is 17.5 Å². The number of carbonyl (C=O) groups is 1. The summed E-state index contributed by atoms with van der Waals surface area (Å²) in [5, 5.41) is 11.8. The Morgan fingerprint density at radius 2 is 2.17 bits per heavy atom. The van der Waals surface area contributed by atoms with Gasteiger partial charge >= 0.3 is 0 Å². The Balaban J connectivity index is 1.63. The lowest BCUT2D eigenvalue weighted by atomic mass is 9.73. The average molecular weight is 397 g/mol. The number of nitrogens with one attached hydrogen (secondary N) is 1. The van der Waals surface area contributed by atoms with Gasteiger partial charge in [0.15, 0.2) is 11.4 Å². The Labute approximate surface area is 165 Å². The highest BCUT2D eigenvalue weighted by atomic mass is 19.3. The van der Waals surface area contributed by atoms with E-state index in [9.17, 15) is 18.8 Å². The van der Waals surface area contributed by atoms with Gasteiger partial charge in [-0.15, -0.1) is 0 Å². The molecule has 0 radical (unpaired) electrons. The first kappa shape index (κ1) is 18.8. The lowest BCUT2D eigenvalue weighted by Gasteiger charge is -2.29. The van der Waals surface area contributed by atoms with Crippen molar-refractivity contribution < 1.29 is 18.3 Å². The van der Waals surface area contributed by atoms with E-state index in [0.29, 0.717) is 17.1 Å². The number of halogens is 2. The molecule has 1 aliphatic carbocycles. The number of hydrogen-bond acceptors (Lipinski definition) is 5. The third-order valence-electron chi connectivity index (χ3n) is 5.06. The van der Waals surface area contributed by atoms with Crippen molar-refractivity contribution in [3.8, 4) is 11.8 Å². The van der Waals surface area contributed by atoms with Crippen molar-refractivity contribution in [2.75, 3.05) is 12.4 Å². The van der Waals surface area contributed by atoms with E-state index >= 15 is 0 Å². The molecule has 2 unspecified atom stereocenters. The fourth-order valence-corrected chi connectivity index (χ4v) is 3.39. The summed E-state index contributed by atoms with van der Waals surface area (Å²) in [6.45, 7) is 0.